The maximum absolute atomic E-state index is 12.4. The zero-order valence-electron chi connectivity index (χ0n) is 18.9. The molecule has 4 rings (SSSR count). The van der Waals surface area contributed by atoms with E-state index in [-0.39, 0.29) is 28.5 Å². The van der Waals surface area contributed by atoms with Crippen molar-refractivity contribution >= 4 is 51.7 Å². The van der Waals surface area contributed by atoms with E-state index in [1.807, 2.05) is 43.3 Å². The number of nitro benzene ring substituents is 1. The number of nitrogens with zero attached hydrogens (tertiary/aromatic N) is 4. The zero-order chi connectivity index (χ0) is 24.2. The SMILES string of the molecule is CN(C)c1nc(NC2CCC(NC(=O)Nc3cc([N+](=O)[O-])ccc3Cl)CC2)nc2ccccc12. The summed E-state index contributed by atoms with van der Waals surface area (Å²) in [5.41, 5.74) is 0.948. The van der Waals surface area contributed by atoms with Crippen LogP contribution >= 0.6 is 11.6 Å². The lowest BCUT2D eigenvalue weighted by Gasteiger charge is -2.30. The van der Waals surface area contributed by atoms with Gasteiger partial charge in [0, 0.05) is 43.7 Å². The number of hydrogen-bond donors (Lipinski definition) is 3. The number of hydrogen-bond acceptors (Lipinski definition) is 7. The van der Waals surface area contributed by atoms with Crippen molar-refractivity contribution in [2.75, 3.05) is 29.6 Å². The van der Waals surface area contributed by atoms with Crippen LogP contribution in [0.15, 0.2) is 42.5 Å². The monoisotopic (exact) mass is 483 g/mol. The largest absolute Gasteiger partial charge is 0.362 e. The second-order valence-electron chi connectivity index (χ2n) is 8.50. The molecule has 34 heavy (non-hydrogen) atoms. The highest BCUT2D eigenvalue weighted by molar-refractivity contribution is 6.33. The minimum absolute atomic E-state index is 0.00891. The van der Waals surface area contributed by atoms with Gasteiger partial charge in [-0.15, -0.1) is 0 Å². The van der Waals surface area contributed by atoms with E-state index >= 15 is 0 Å². The van der Waals surface area contributed by atoms with Gasteiger partial charge in [-0.25, -0.2) is 9.78 Å². The van der Waals surface area contributed by atoms with E-state index in [1.54, 1.807) is 0 Å². The molecule has 0 bridgehead atoms. The quantitative estimate of drug-likeness (QED) is 0.339. The molecule has 1 heterocycles. The van der Waals surface area contributed by atoms with E-state index in [9.17, 15) is 14.9 Å². The van der Waals surface area contributed by atoms with E-state index in [2.05, 4.69) is 20.9 Å². The zero-order valence-corrected chi connectivity index (χ0v) is 19.7. The topological polar surface area (TPSA) is 125 Å². The molecular formula is C23H26ClN7O3. The molecule has 2 amide bonds. The fraction of sp³-hybridized carbons (Fsp3) is 0.348. The van der Waals surface area contributed by atoms with Gasteiger partial charge in [0.25, 0.3) is 5.69 Å². The minimum atomic E-state index is -0.533. The van der Waals surface area contributed by atoms with Crippen LogP contribution in [0.5, 0.6) is 0 Å². The van der Waals surface area contributed by atoms with Gasteiger partial charge in [0.15, 0.2) is 0 Å². The Kier molecular flexibility index (Phi) is 6.97. The molecule has 0 radical (unpaired) electrons. The van der Waals surface area contributed by atoms with Crippen LogP contribution in [0.1, 0.15) is 25.7 Å². The molecule has 0 saturated heterocycles. The van der Waals surface area contributed by atoms with Gasteiger partial charge < -0.3 is 20.9 Å². The van der Waals surface area contributed by atoms with E-state index in [0.29, 0.717) is 5.95 Å². The van der Waals surface area contributed by atoms with Gasteiger partial charge in [-0.2, -0.15) is 4.98 Å². The molecular weight excluding hydrogens is 458 g/mol. The van der Waals surface area contributed by atoms with Crippen molar-refractivity contribution < 1.29 is 9.72 Å². The number of benzene rings is 2. The van der Waals surface area contributed by atoms with Crippen molar-refractivity contribution in [2.45, 2.75) is 37.8 Å². The van der Waals surface area contributed by atoms with Gasteiger partial charge in [-0.3, -0.25) is 10.1 Å². The number of halogens is 1. The molecule has 0 aliphatic heterocycles. The molecule has 1 saturated carbocycles. The van der Waals surface area contributed by atoms with Crippen LogP contribution in [-0.4, -0.2) is 47.1 Å². The Morgan fingerprint density at radius 1 is 1.09 bits per heavy atom. The average molecular weight is 484 g/mol. The molecule has 2 aromatic carbocycles. The summed E-state index contributed by atoms with van der Waals surface area (Å²) in [5, 5.41) is 21.2. The number of carbonyl (C=O) groups excluding carboxylic acids is 1. The number of para-hydroxylation sites is 1. The molecule has 3 aromatic rings. The van der Waals surface area contributed by atoms with Gasteiger partial charge in [0.05, 0.1) is 21.2 Å². The summed E-state index contributed by atoms with van der Waals surface area (Å²) in [4.78, 5) is 34.2. The molecule has 3 N–H and O–H groups in total. The Balaban J connectivity index is 1.33. The Labute approximate surface area is 201 Å². The number of urea groups is 1. The predicted octanol–water partition coefficient (Wildman–Crippen LogP) is 4.80. The van der Waals surface area contributed by atoms with Gasteiger partial charge in [0.2, 0.25) is 5.95 Å². The highest BCUT2D eigenvalue weighted by Crippen LogP contribution is 2.28. The normalized spacial score (nSPS) is 17.7. The Morgan fingerprint density at radius 2 is 1.79 bits per heavy atom. The smallest absolute Gasteiger partial charge is 0.319 e. The van der Waals surface area contributed by atoms with Crippen molar-refractivity contribution in [3.63, 3.8) is 0 Å². The fourth-order valence-corrected chi connectivity index (χ4v) is 4.26. The number of nitrogens with one attached hydrogen (secondary N) is 3. The van der Waals surface area contributed by atoms with Crippen LogP contribution in [0.2, 0.25) is 5.02 Å². The lowest BCUT2D eigenvalue weighted by molar-refractivity contribution is -0.384. The van der Waals surface area contributed by atoms with Crippen LogP contribution in [0.3, 0.4) is 0 Å². The number of aromatic nitrogens is 2. The third-order valence-electron chi connectivity index (χ3n) is 5.81. The van der Waals surface area contributed by atoms with E-state index < -0.39 is 11.0 Å². The van der Waals surface area contributed by atoms with Crippen LogP contribution in [-0.2, 0) is 0 Å². The third kappa shape index (κ3) is 5.45. The second kappa shape index (κ2) is 10.1. The predicted molar refractivity (Wildman–Crippen MR) is 134 cm³/mol. The molecule has 0 spiro atoms. The number of anilines is 3. The van der Waals surface area contributed by atoms with Crippen molar-refractivity contribution in [2.24, 2.45) is 0 Å². The first-order chi connectivity index (χ1) is 16.3. The minimum Gasteiger partial charge on any atom is -0.362 e. The summed E-state index contributed by atoms with van der Waals surface area (Å²) in [6, 6.07) is 11.6. The number of non-ortho nitro benzene ring substituents is 1. The van der Waals surface area contributed by atoms with Crippen LogP contribution in [0, 0.1) is 10.1 Å². The highest BCUT2D eigenvalue weighted by atomic mass is 35.5. The fourth-order valence-electron chi connectivity index (χ4n) is 4.10. The summed E-state index contributed by atoms with van der Waals surface area (Å²) in [6.07, 6.45) is 3.25. The first-order valence-corrected chi connectivity index (χ1v) is 11.4. The molecule has 0 atom stereocenters. The Hall–Kier alpha value is -3.66. The lowest BCUT2D eigenvalue weighted by atomic mass is 9.91. The molecule has 11 heteroatoms. The number of nitro groups is 1. The van der Waals surface area contributed by atoms with E-state index in [0.717, 1.165) is 42.4 Å². The summed E-state index contributed by atoms with van der Waals surface area (Å²) >= 11 is 6.06. The first-order valence-electron chi connectivity index (χ1n) is 11.0. The molecule has 0 unspecified atom stereocenters. The van der Waals surface area contributed by atoms with Crippen LogP contribution in [0.25, 0.3) is 10.9 Å². The number of rotatable bonds is 6. The van der Waals surface area contributed by atoms with E-state index in [1.165, 1.54) is 18.2 Å². The summed E-state index contributed by atoms with van der Waals surface area (Å²) in [7, 11) is 3.92. The summed E-state index contributed by atoms with van der Waals surface area (Å²) in [6.45, 7) is 0. The molecule has 1 aliphatic rings. The highest BCUT2D eigenvalue weighted by Gasteiger charge is 2.24. The van der Waals surface area contributed by atoms with Gasteiger partial charge in [0.1, 0.15) is 5.82 Å². The standard InChI is InChI=1S/C23H26ClN7O3/c1-30(2)21-17-5-3-4-6-19(17)27-22(29-21)25-14-7-9-15(10-8-14)26-23(32)28-20-13-16(31(33)34)11-12-18(20)24/h3-6,11-15H,7-10H2,1-2H3,(H,25,27,29)(H2,26,28,32). The summed E-state index contributed by atoms with van der Waals surface area (Å²) in [5.74, 6) is 1.46. The Morgan fingerprint density at radius 3 is 2.50 bits per heavy atom. The van der Waals surface area contributed by atoms with Crippen molar-refractivity contribution in [1.82, 2.24) is 15.3 Å². The Bertz CT molecular complexity index is 1210. The van der Waals surface area contributed by atoms with E-state index in [4.69, 9.17) is 16.6 Å². The summed E-state index contributed by atoms with van der Waals surface area (Å²) < 4.78 is 0. The maximum atomic E-state index is 12.4. The molecule has 10 nitrogen and oxygen atoms in total. The van der Waals surface area contributed by atoms with Gasteiger partial charge in [-0.1, -0.05) is 23.7 Å². The van der Waals surface area contributed by atoms with Crippen molar-refractivity contribution in [1.29, 1.82) is 0 Å². The molecule has 1 aromatic heterocycles. The lowest BCUT2D eigenvalue weighted by Crippen LogP contribution is -2.42. The number of amides is 2. The average Bonchev–Trinajstić information content (AvgIpc) is 2.81. The van der Waals surface area contributed by atoms with Crippen LogP contribution < -0.4 is 20.9 Å². The maximum Gasteiger partial charge on any atom is 0.319 e. The number of fused-ring (bicyclic) bond motifs is 1. The van der Waals surface area contributed by atoms with Gasteiger partial charge >= 0.3 is 6.03 Å². The first kappa shape index (κ1) is 23.5. The van der Waals surface area contributed by atoms with Crippen LogP contribution in [0.4, 0.5) is 27.9 Å². The molecule has 178 valence electrons. The number of carbonyl (C=O) groups is 1. The molecule has 1 aliphatic carbocycles. The third-order valence-corrected chi connectivity index (χ3v) is 6.14. The molecule has 1 fully saturated rings. The van der Waals surface area contributed by atoms with Gasteiger partial charge in [-0.05, 0) is 43.9 Å². The second-order valence-corrected chi connectivity index (χ2v) is 8.90. The van der Waals surface area contributed by atoms with Crippen molar-refractivity contribution in [3.8, 4) is 0 Å². The van der Waals surface area contributed by atoms with Crippen molar-refractivity contribution in [3.05, 3.63) is 57.6 Å².